The van der Waals surface area contributed by atoms with Crippen LogP contribution in [0.2, 0.25) is 0 Å². The van der Waals surface area contributed by atoms with E-state index in [0.29, 0.717) is 0 Å². The Bertz CT molecular complexity index is 606. The lowest BCUT2D eigenvalue weighted by molar-refractivity contribution is -0.147. The third kappa shape index (κ3) is 1.40. The number of aromatic nitrogens is 1. The molecule has 2 aromatic rings. The molecule has 1 heterocycles. The highest BCUT2D eigenvalue weighted by Crippen LogP contribution is 2.39. The Balaban J connectivity index is 2.25. The smallest absolute Gasteiger partial charge is 0.329 e. The van der Waals surface area contributed by atoms with Crippen LogP contribution >= 0.6 is 0 Å². The fourth-order valence-electron chi connectivity index (χ4n) is 3.21. The van der Waals surface area contributed by atoms with E-state index in [-0.39, 0.29) is 0 Å². The summed E-state index contributed by atoms with van der Waals surface area (Å²) in [4.78, 5) is 11.7. The van der Waals surface area contributed by atoms with Crippen molar-refractivity contribution >= 4 is 16.9 Å². The van der Waals surface area contributed by atoms with E-state index >= 15 is 0 Å². The first-order valence-electron chi connectivity index (χ1n) is 6.46. The number of carboxylic acid groups (broad SMARTS) is 1. The van der Waals surface area contributed by atoms with Gasteiger partial charge in [0.05, 0.1) is 0 Å². The van der Waals surface area contributed by atoms with Crippen LogP contribution in [-0.2, 0) is 10.3 Å². The van der Waals surface area contributed by atoms with Crippen molar-refractivity contribution in [3.05, 3.63) is 36.0 Å². The first kappa shape index (κ1) is 11.3. The second-order valence-electron chi connectivity index (χ2n) is 5.24. The van der Waals surface area contributed by atoms with E-state index in [1.54, 1.807) is 0 Å². The molecule has 0 aliphatic heterocycles. The molecule has 18 heavy (non-hydrogen) atoms. The molecule has 0 radical (unpaired) electrons. The lowest BCUT2D eigenvalue weighted by Crippen LogP contribution is -2.38. The molecule has 94 valence electrons. The second kappa shape index (κ2) is 3.87. The van der Waals surface area contributed by atoms with Gasteiger partial charge in [-0.25, -0.2) is 4.79 Å². The maximum atomic E-state index is 11.7. The van der Waals surface area contributed by atoms with Crippen LogP contribution in [0.4, 0.5) is 0 Å². The minimum absolute atomic E-state index is 0.695. The molecule has 3 rings (SSSR count). The van der Waals surface area contributed by atoms with E-state index in [9.17, 15) is 9.90 Å². The van der Waals surface area contributed by atoms with Gasteiger partial charge in [0, 0.05) is 17.1 Å². The van der Waals surface area contributed by atoms with E-state index < -0.39 is 11.5 Å². The standard InChI is InChI=1S/C15H17NO2/c1-11-5-4-6-13-12(11)7-10-16(13)15(14(17)18)8-2-3-9-15/h4-7,10H,2-3,8-9H2,1H3,(H,17,18). The van der Waals surface area contributed by atoms with Crippen LogP contribution in [0.3, 0.4) is 0 Å². The van der Waals surface area contributed by atoms with Crippen molar-refractivity contribution < 1.29 is 9.90 Å². The average Bonchev–Trinajstić information content (AvgIpc) is 2.95. The summed E-state index contributed by atoms with van der Waals surface area (Å²) in [6.45, 7) is 2.06. The van der Waals surface area contributed by atoms with Crippen LogP contribution in [0, 0.1) is 6.92 Å². The van der Waals surface area contributed by atoms with Gasteiger partial charge in [-0.3, -0.25) is 0 Å². The Morgan fingerprint density at radius 3 is 2.67 bits per heavy atom. The van der Waals surface area contributed by atoms with Gasteiger partial charge in [-0.1, -0.05) is 25.0 Å². The van der Waals surface area contributed by atoms with Gasteiger partial charge in [-0.2, -0.15) is 0 Å². The second-order valence-corrected chi connectivity index (χ2v) is 5.24. The van der Waals surface area contributed by atoms with Gasteiger partial charge < -0.3 is 9.67 Å². The lowest BCUT2D eigenvalue weighted by Gasteiger charge is -2.27. The Morgan fingerprint density at radius 2 is 2.00 bits per heavy atom. The topological polar surface area (TPSA) is 42.2 Å². The Kier molecular flexibility index (Phi) is 2.44. The number of aliphatic carboxylic acids is 1. The number of hydrogen-bond donors (Lipinski definition) is 1. The number of nitrogens with zero attached hydrogens (tertiary/aromatic N) is 1. The van der Waals surface area contributed by atoms with Gasteiger partial charge in [0.25, 0.3) is 0 Å². The number of fused-ring (bicyclic) bond motifs is 1. The third-order valence-electron chi connectivity index (χ3n) is 4.24. The first-order valence-corrected chi connectivity index (χ1v) is 6.46. The van der Waals surface area contributed by atoms with E-state index in [2.05, 4.69) is 13.0 Å². The molecule has 0 saturated heterocycles. The van der Waals surface area contributed by atoms with Gasteiger partial charge in [0.15, 0.2) is 0 Å². The van der Waals surface area contributed by atoms with Gasteiger partial charge in [-0.15, -0.1) is 0 Å². The molecule has 1 fully saturated rings. The first-order chi connectivity index (χ1) is 8.65. The number of rotatable bonds is 2. The summed E-state index contributed by atoms with van der Waals surface area (Å²) < 4.78 is 1.98. The van der Waals surface area contributed by atoms with Crippen molar-refractivity contribution in [1.29, 1.82) is 0 Å². The van der Waals surface area contributed by atoms with Crippen molar-refractivity contribution in [2.75, 3.05) is 0 Å². The van der Waals surface area contributed by atoms with Crippen LogP contribution in [0.5, 0.6) is 0 Å². The number of carboxylic acids is 1. The fourth-order valence-corrected chi connectivity index (χ4v) is 3.21. The van der Waals surface area contributed by atoms with Gasteiger partial charge in [0.1, 0.15) is 5.54 Å². The maximum absolute atomic E-state index is 11.7. The highest BCUT2D eigenvalue weighted by Gasteiger charge is 2.43. The average molecular weight is 243 g/mol. The third-order valence-corrected chi connectivity index (χ3v) is 4.24. The van der Waals surface area contributed by atoms with Crippen molar-refractivity contribution in [3.8, 4) is 0 Å². The molecule has 1 aliphatic rings. The zero-order valence-electron chi connectivity index (χ0n) is 10.5. The minimum atomic E-state index is -0.727. The van der Waals surface area contributed by atoms with Crippen LogP contribution in [0.15, 0.2) is 30.5 Å². The Labute approximate surface area is 106 Å². The number of hydrogen-bond acceptors (Lipinski definition) is 1. The van der Waals surface area contributed by atoms with Crippen LogP contribution in [-0.4, -0.2) is 15.6 Å². The minimum Gasteiger partial charge on any atom is -0.479 e. The maximum Gasteiger partial charge on any atom is 0.329 e. The largest absolute Gasteiger partial charge is 0.479 e. The van der Waals surface area contributed by atoms with Crippen molar-refractivity contribution in [2.24, 2.45) is 0 Å². The number of benzene rings is 1. The zero-order valence-corrected chi connectivity index (χ0v) is 10.5. The highest BCUT2D eigenvalue weighted by molar-refractivity contribution is 5.87. The Morgan fingerprint density at radius 1 is 1.28 bits per heavy atom. The summed E-state index contributed by atoms with van der Waals surface area (Å²) in [6.07, 6.45) is 5.41. The SMILES string of the molecule is Cc1cccc2c1ccn2C1(C(=O)O)CCCC1. The number of aryl methyl sites for hydroxylation is 1. The molecule has 3 heteroatoms. The predicted molar refractivity (Wildman–Crippen MR) is 70.8 cm³/mol. The van der Waals surface area contributed by atoms with Gasteiger partial charge >= 0.3 is 5.97 Å². The van der Waals surface area contributed by atoms with Crippen LogP contribution in [0.1, 0.15) is 31.2 Å². The molecule has 1 N–H and O–H groups in total. The van der Waals surface area contributed by atoms with Crippen molar-refractivity contribution in [2.45, 2.75) is 38.1 Å². The normalized spacial score (nSPS) is 18.3. The van der Waals surface area contributed by atoms with E-state index in [1.165, 1.54) is 5.56 Å². The molecule has 1 aliphatic carbocycles. The summed E-state index contributed by atoms with van der Waals surface area (Å²) in [5, 5.41) is 10.8. The summed E-state index contributed by atoms with van der Waals surface area (Å²) in [5.74, 6) is -0.695. The summed E-state index contributed by atoms with van der Waals surface area (Å²) >= 11 is 0. The van der Waals surface area contributed by atoms with Crippen molar-refractivity contribution in [1.82, 2.24) is 4.57 Å². The predicted octanol–water partition coefficient (Wildman–Crippen LogP) is 3.30. The van der Waals surface area contributed by atoms with Crippen LogP contribution in [0.25, 0.3) is 10.9 Å². The molecule has 3 nitrogen and oxygen atoms in total. The summed E-state index contributed by atoms with van der Waals surface area (Å²) in [5.41, 5.74) is 1.51. The molecule has 0 spiro atoms. The molecule has 0 unspecified atom stereocenters. The van der Waals surface area contributed by atoms with Gasteiger partial charge in [-0.05, 0) is 37.5 Å². The van der Waals surface area contributed by atoms with E-state index in [0.717, 1.165) is 36.6 Å². The zero-order chi connectivity index (χ0) is 12.8. The van der Waals surface area contributed by atoms with Crippen LogP contribution < -0.4 is 0 Å². The molecule has 0 atom stereocenters. The van der Waals surface area contributed by atoms with E-state index in [4.69, 9.17) is 0 Å². The highest BCUT2D eigenvalue weighted by atomic mass is 16.4. The fraction of sp³-hybridized carbons (Fsp3) is 0.400. The van der Waals surface area contributed by atoms with E-state index in [1.807, 2.05) is 29.0 Å². The van der Waals surface area contributed by atoms with Crippen molar-refractivity contribution in [3.63, 3.8) is 0 Å². The quantitative estimate of drug-likeness (QED) is 0.879. The molecule has 1 aromatic heterocycles. The lowest BCUT2D eigenvalue weighted by atomic mass is 9.97. The summed E-state index contributed by atoms with van der Waals surface area (Å²) in [7, 11) is 0. The van der Waals surface area contributed by atoms with Gasteiger partial charge in [0.2, 0.25) is 0 Å². The monoisotopic (exact) mass is 243 g/mol. The molecule has 0 bridgehead atoms. The molecular weight excluding hydrogens is 226 g/mol. The molecule has 1 aromatic carbocycles. The molecular formula is C15H17NO2. The summed E-state index contributed by atoms with van der Waals surface area (Å²) in [6, 6.07) is 8.12. The molecule has 1 saturated carbocycles. The number of carbonyl (C=O) groups is 1. The Hall–Kier alpha value is -1.77. The molecule has 0 amide bonds.